The summed E-state index contributed by atoms with van der Waals surface area (Å²) in [6.45, 7) is 4.25. The second kappa shape index (κ2) is 7.83. The van der Waals surface area contributed by atoms with Crippen molar-refractivity contribution in [1.29, 1.82) is 0 Å². The predicted octanol–water partition coefficient (Wildman–Crippen LogP) is 3.83. The van der Waals surface area contributed by atoms with Crippen LogP contribution in [0, 0.1) is 5.92 Å². The van der Waals surface area contributed by atoms with Crippen molar-refractivity contribution in [2.45, 2.75) is 45.4 Å². The molecular formula is C20H24N2O2S. The zero-order valence-electron chi connectivity index (χ0n) is 14.7. The molecule has 4 nitrogen and oxygen atoms in total. The molecule has 0 bridgehead atoms. The first-order chi connectivity index (χ1) is 12.0. The van der Waals surface area contributed by atoms with Crippen molar-refractivity contribution in [2.75, 3.05) is 0 Å². The minimum atomic E-state index is -0.229. The number of aryl methyl sites for hydroxylation is 1. The molecule has 1 aromatic heterocycles. The fraction of sp³-hybridized carbons (Fsp3) is 0.400. The van der Waals surface area contributed by atoms with Gasteiger partial charge in [0.25, 0.3) is 5.91 Å². The number of hydrogen-bond donors (Lipinski definition) is 2. The van der Waals surface area contributed by atoms with E-state index in [2.05, 4.69) is 17.8 Å². The number of hydrazine groups is 1. The van der Waals surface area contributed by atoms with Crippen molar-refractivity contribution >= 4 is 23.2 Å². The van der Waals surface area contributed by atoms with Crippen LogP contribution >= 0.6 is 11.3 Å². The highest BCUT2D eigenvalue weighted by molar-refractivity contribution is 7.14. The van der Waals surface area contributed by atoms with Gasteiger partial charge in [-0.15, -0.1) is 11.3 Å². The number of carbonyl (C=O) groups is 2. The van der Waals surface area contributed by atoms with Crippen LogP contribution in [0.3, 0.4) is 0 Å². The van der Waals surface area contributed by atoms with Crippen molar-refractivity contribution in [3.8, 4) is 0 Å². The van der Waals surface area contributed by atoms with Crippen LogP contribution in [0.2, 0.25) is 0 Å². The van der Waals surface area contributed by atoms with Crippen molar-refractivity contribution < 1.29 is 9.59 Å². The Bertz CT molecular complexity index is 754. The third kappa shape index (κ3) is 4.48. The molecule has 0 radical (unpaired) electrons. The molecule has 0 aliphatic heterocycles. The van der Waals surface area contributed by atoms with Crippen molar-refractivity contribution in [3.63, 3.8) is 0 Å². The standard InChI is InChI=1S/C20H24N2O2S/c1-13-8-9-17-16(10-13)12-18(25-17)20(24)22-21-19(23)11-14(2)15-6-4-3-5-7-15/h3-7,12-14H,8-11H2,1-2H3,(H,21,23)(H,22,24). The Kier molecular flexibility index (Phi) is 5.53. The van der Waals surface area contributed by atoms with E-state index in [0.717, 1.165) is 18.4 Å². The van der Waals surface area contributed by atoms with Gasteiger partial charge in [-0.05, 0) is 48.3 Å². The zero-order valence-corrected chi connectivity index (χ0v) is 15.5. The Balaban J connectivity index is 1.51. The zero-order chi connectivity index (χ0) is 17.8. The molecule has 2 atom stereocenters. The number of carbonyl (C=O) groups excluding carboxylic acids is 2. The molecule has 0 fully saturated rings. The maximum atomic E-state index is 12.3. The average Bonchev–Trinajstić information content (AvgIpc) is 3.03. The Morgan fingerprint density at radius 2 is 2.00 bits per heavy atom. The van der Waals surface area contributed by atoms with Gasteiger partial charge in [0.15, 0.2) is 0 Å². The smallest absolute Gasteiger partial charge is 0.273 e. The lowest BCUT2D eigenvalue weighted by Gasteiger charge is -2.16. The third-order valence-corrected chi connectivity index (χ3v) is 5.96. The van der Waals surface area contributed by atoms with Gasteiger partial charge in [0.05, 0.1) is 4.88 Å². The van der Waals surface area contributed by atoms with Crippen molar-refractivity contribution in [3.05, 3.63) is 57.3 Å². The molecule has 1 heterocycles. The fourth-order valence-corrected chi connectivity index (χ4v) is 4.34. The van der Waals surface area contributed by atoms with Crippen molar-refractivity contribution in [2.24, 2.45) is 5.92 Å². The van der Waals surface area contributed by atoms with Gasteiger partial charge >= 0.3 is 0 Å². The van der Waals surface area contributed by atoms with Crippen LogP contribution in [0.1, 0.15) is 58.3 Å². The van der Waals surface area contributed by atoms with Gasteiger partial charge in [-0.2, -0.15) is 0 Å². The number of thiophene rings is 1. The quantitative estimate of drug-likeness (QED) is 0.818. The molecule has 0 saturated heterocycles. The highest BCUT2D eigenvalue weighted by Crippen LogP contribution is 2.32. The van der Waals surface area contributed by atoms with Gasteiger partial charge in [-0.25, -0.2) is 0 Å². The predicted molar refractivity (Wildman–Crippen MR) is 101 cm³/mol. The molecule has 2 N–H and O–H groups in total. The summed E-state index contributed by atoms with van der Waals surface area (Å²) >= 11 is 1.54. The lowest BCUT2D eigenvalue weighted by molar-refractivity contribution is -0.122. The van der Waals surface area contributed by atoms with Crippen LogP contribution in [0.25, 0.3) is 0 Å². The summed E-state index contributed by atoms with van der Waals surface area (Å²) in [4.78, 5) is 26.4. The van der Waals surface area contributed by atoms with Crippen LogP contribution in [-0.2, 0) is 17.6 Å². The maximum absolute atomic E-state index is 12.3. The fourth-order valence-electron chi connectivity index (χ4n) is 3.23. The molecule has 3 rings (SSSR count). The van der Waals surface area contributed by atoms with Crippen LogP contribution in [-0.4, -0.2) is 11.8 Å². The van der Waals surface area contributed by atoms with E-state index in [1.807, 2.05) is 43.3 Å². The number of rotatable bonds is 4. The highest BCUT2D eigenvalue weighted by Gasteiger charge is 2.21. The maximum Gasteiger partial charge on any atom is 0.279 e. The molecular weight excluding hydrogens is 332 g/mol. The second-order valence-electron chi connectivity index (χ2n) is 6.93. The van der Waals surface area contributed by atoms with Gasteiger partial charge in [0.1, 0.15) is 0 Å². The molecule has 2 unspecified atom stereocenters. The second-order valence-corrected chi connectivity index (χ2v) is 8.06. The molecule has 2 aromatic rings. The van der Waals surface area contributed by atoms with Gasteiger partial charge < -0.3 is 0 Å². The molecule has 1 aliphatic rings. The molecule has 2 amide bonds. The first kappa shape index (κ1) is 17.7. The number of amides is 2. The van der Waals surface area contributed by atoms with E-state index in [-0.39, 0.29) is 17.7 Å². The molecule has 1 aromatic carbocycles. The van der Waals surface area contributed by atoms with Gasteiger partial charge in [0, 0.05) is 11.3 Å². The van der Waals surface area contributed by atoms with E-state index in [1.54, 1.807) is 11.3 Å². The van der Waals surface area contributed by atoms with Crippen LogP contribution in [0.5, 0.6) is 0 Å². The Labute approximate surface area is 152 Å². The largest absolute Gasteiger partial charge is 0.279 e. The van der Waals surface area contributed by atoms with E-state index in [4.69, 9.17) is 0 Å². The summed E-state index contributed by atoms with van der Waals surface area (Å²) < 4.78 is 0. The van der Waals surface area contributed by atoms with Crippen molar-refractivity contribution in [1.82, 2.24) is 10.9 Å². The van der Waals surface area contributed by atoms with Gasteiger partial charge in [-0.1, -0.05) is 44.2 Å². The summed E-state index contributed by atoms with van der Waals surface area (Å²) in [6, 6.07) is 11.9. The van der Waals surface area contributed by atoms with Crippen LogP contribution in [0.15, 0.2) is 36.4 Å². The Hall–Kier alpha value is -2.14. The van der Waals surface area contributed by atoms with Crippen LogP contribution in [0.4, 0.5) is 0 Å². The van der Waals surface area contributed by atoms with E-state index < -0.39 is 0 Å². The molecule has 132 valence electrons. The van der Waals surface area contributed by atoms with E-state index in [9.17, 15) is 9.59 Å². The Morgan fingerprint density at radius 1 is 1.24 bits per heavy atom. The minimum absolute atomic E-state index is 0.105. The molecule has 5 heteroatoms. The molecule has 0 spiro atoms. The van der Waals surface area contributed by atoms with E-state index >= 15 is 0 Å². The summed E-state index contributed by atoms with van der Waals surface area (Å²) in [5.41, 5.74) is 7.49. The van der Waals surface area contributed by atoms with Gasteiger partial charge in [-0.3, -0.25) is 20.4 Å². The third-order valence-electron chi connectivity index (χ3n) is 4.73. The number of hydrogen-bond acceptors (Lipinski definition) is 3. The number of benzene rings is 1. The lowest BCUT2D eigenvalue weighted by Crippen LogP contribution is -2.41. The number of fused-ring (bicyclic) bond motifs is 1. The summed E-state index contributed by atoms with van der Waals surface area (Å²) in [5, 5.41) is 0. The molecule has 0 saturated carbocycles. The summed E-state index contributed by atoms with van der Waals surface area (Å²) in [5.74, 6) is 0.373. The summed E-state index contributed by atoms with van der Waals surface area (Å²) in [7, 11) is 0. The normalized spacial score (nSPS) is 17.4. The molecule has 1 aliphatic carbocycles. The number of nitrogens with one attached hydrogen (secondary N) is 2. The lowest BCUT2D eigenvalue weighted by atomic mass is 9.90. The topological polar surface area (TPSA) is 58.2 Å². The highest BCUT2D eigenvalue weighted by atomic mass is 32.1. The van der Waals surface area contributed by atoms with E-state index in [1.165, 1.54) is 16.9 Å². The average molecular weight is 356 g/mol. The van der Waals surface area contributed by atoms with E-state index in [0.29, 0.717) is 17.2 Å². The first-order valence-corrected chi connectivity index (χ1v) is 9.60. The van der Waals surface area contributed by atoms with Crippen LogP contribution < -0.4 is 10.9 Å². The SMILES string of the molecule is CC1CCc2sc(C(=O)NNC(=O)CC(C)c3ccccc3)cc2C1. The minimum Gasteiger partial charge on any atom is -0.273 e. The first-order valence-electron chi connectivity index (χ1n) is 8.78. The molecule has 25 heavy (non-hydrogen) atoms. The summed E-state index contributed by atoms with van der Waals surface area (Å²) in [6.07, 6.45) is 3.61. The van der Waals surface area contributed by atoms with Gasteiger partial charge in [0.2, 0.25) is 5.91 Å². The Morgan fingerprint density at radius 3 is 2.76 bits per heavy atom. The monoisotopic (exact) mass is 356 g/mol.